The normalized spacial score (nSPS) is 10.0. The fourth-order valence-corrected chi connectivity index (χ4v) is 1.21. The number of carbonyl (C=O) groups is 2. The van der Waals surface area contributed by atoms with Gasteiger partial charge >= 0.3 is 5.97 Å². The Morgan fingerprint density at radius 1 is 1.50 bits per heavy atom. The zero-order valence-corrected chi connectivity index (χ0v) is 9.55. The van der Waals surface area contributed by atoms with Gasteiger partial charge in [0.1, 0.15) is 12.4 Å². The summed E-state index contributed by atoms with van der Waals surface area (Å²) in [5.41, 5.74) is 10.5. The second-order valence-electron chi connectivity index (χ2n) is 3.37. The Morgan fingerprint density at radius 3 is 2.83 bits per heavy atom. The van der Waals surface area contributed by atoms with E-state index >= 15 is 0 Å². The number of amides is 1. The Kier molecular flexibility index (Phi) is 4.88. The van der Waals surface area contributed by atoms with Gasteiger partial charge < -0.3 is 26.6 Å². The SMILES string of the molecule is NC(=O)COCCNc1nccc(C(=O)O)c1N. The van der Waals surface area contributed by atoms with Crippen LogP contribution in [0.5, 0.6) is 0 Å². The number of nitrogens with zero attached hydrogens (tertiary/aromatic N) is 1. The van der Waals surface area contributed by atoms with Crippen LogP contribution in [-0.4, -0.2) is 41.7 Å². The van der Waals surface area contributed by atoms with E-state index < -0.39 is 11.9 Å². The molecule has 0 aromatic carbocycles. The van der Waals surface area contributed by atoms with Gasteiger partial charge in [0, 0.05) is 12.7 Å². The van der Waals surface area contributed by atoms with Crippen molar-refractivity contribution in [3.63, 3.8) is 0 Å². The maximum atomic E-state index is 10.8. The lowest BCUT2D eigenvalue weighted by atomic mass is 10.2. The molecule has 98 valence electrons. The molecule has 1 rings (SSSR count). The molecule has 0 saturated heterocycles. The lowest BCUT2D eigenvalue weighted by Gasteiger charge is -2.09. The molecular formula is C10H14N4O4. The van der Waals surface area contributed by atoms with Crippen molar-refractivity contribution in [2.24, 2.45) is 5.73 Å². The molecule has 1 aromatic heterocycles. The summed E-state index contributed by atoms with van der Waals surface area (Å²) in [6.07, 6.45) is 1.34. The number of anilines is 2. The highest BCUT2D eigenvalue weighted by molar-refractivity contribution is 5.96. The standard InChI is InChI=1S/C10H14N4O4/c11-7(15)5-18-4-3-14-9-8(12)6(10(16)17)1-2-13-9/h1-2H,3-5,12H2,(H2,11,15)(H,13,14)(H,16,17). The van der Waals surface area contributed by atoms with Crippen molar-refractivity contribution >= 4 is 23.4 Å². The van der Waals surface area contributed by atoms with E-state index in [1.165, 1.54) is 12.3 Å². The summed E-state index contributed by atoms with van der Waals surface area (Å²) in [6.45, 7) is 0.384. The van der Waals surface area contributed by atoms with Crippen LogP contribution in [0.4, 0.5) is 11.5 Å². The molecule has 1 amide bonds. The Morgan fingerprint density at radius 2 is 2.22 bits per heavy atom. The molecule has 0 fully saturated rings. The molecule has 0 unspecified atom stereocenters. The van der Waals surface area contributed by atoms with Crippen molar-refractivity contribution in [1.82, 2.24) is 4.98 Å². The third-order valence-corrected chi connectivity index (χ3v) is 2.00. The van der Waals surface area contributed by atoms with Gasteiger partial charge in [-0.05, 0) is 6.07 Å². The van der Waals surface area contributed by atoms with Crippen molar-refractivity contribution in [2.45, 2.75) is 0 Å². The van der Waals surface area contributed by atoms with Crippen LogP contribution >= 0.6 is 0 Å². The second-order valence-corrected chi connectivity index (χ2v) is 3.37. The summed E-state index contributed by atoms with van der Waals surface area (Å²) >= 11 is 0. The van der Waals surface area contributed by atoms with Gasteiger partial charge in [-0.1, -0.05) is 0 Å². The molecule has 8 heteroatoms. The Balaban J connectivity index is 2.50. The molecule has 8 nitrogen and oxygen atoms in total. The van der Waals surface area contributed by atoms with Crippen molar-refractivity contribution < 1.29 is 19.4 Å². The van der Waals surface area contributed by atoms with Gasteiger partial charge in [0.2, 0.25) is 5.91 Å². The largest absolute Gasteiger partial charge is 0.478 e. The smallest absolute Gasteiger partial charge is 0.337 e. The molecule has 0 aliphatic rings. The molecule has 0 aliphatic heterocycles. The van der Waals surface area contributed by atoms with Crippen molar-refractivity contribution in [2.75, 3.05) is 30.8 Å². The number of nitrogen functional groups attached to an aromatic ring is 1. The molecular weight excluding hydrogens is 240 g/mol. The number of pyridine rings is 1. The van der Waals surface area contributed by atoms with Gasteiger partial charge in [-0.2, -0.15) is 0 Å². The first-order valence-electron chi connectivity index (χ1n) is 5.10. The van der Waals surface area contributed by atoms with Gasteiger partial charge in [0.25, 0.3) is 0 Å². The molecule has 0 atom stereocenters. The van der Waals surface area contributed by atoms with E-state index in [2.05, 4.69) is 10.3 Å². The maximum absolute atomic E-state index is 10.8. The van der Waals surface area contributed by atoms with Crippen LogP contribution in [0.25, 0.3) is 0 Å². The number of carboxylic acids is 1. The molecule has 0 spiro atoms. The summed E-state index contributed by atoms with van der Waals surface area (Å²) in [5, 5.41) is 11.7. The average Bonchev–Trinajstić information content (AvgIpc) is 2.30. The predicted octanol–water partition coefficient (Wildman–Crippen LogP) is -0.724. The molecule has 1 aromatic rings. The fourth-order valence-electron chi connectivity index (χ4n) is 1.21. The van der Waals surface area contributed by atoms with E-state index in [1.807, 2.05) is 0 Å². The van der Waals surface area contributed by atoms with E-state index in [0.29, 0.717) is 6.54 Å². The van der Waals surface area contributed by atoms with E-state index in [9.17, 15) is 9.59 Å². The monoisotopic (exact) mass is 254 g/mol. The van der Waals surface area contributed by atoms with E-state index in [0.717, 1.165) is 0 Å². The van der Waals surface area contributed by atoms with Gasteiger partial charge in [0.05, 0.1) is 17.9 Å². The van der Waals surface area contributed by atoms with Gasteiger partial charge in [-0.25, -0.2) is 9.78 Å². The van der Waals surface area contributed by atoms with E-state index in [1.54, 1.807) is 0 Å². The van der Waals surface area contributed by atoms with E-state index in [4.69, 9.17) is 21.3 Å². The lowest BCUT2D eigenvalue weighted by Crippen LogP contribution is -2.21. The highest BCUT2D eigenvalue weighted by Gasteiger charge is 2.11. The first kappa shape index (κ1) is 13.7. The third kappa shape index (κ3) is 3.91. The molecule has 0 saturated carbocycles. The number of nitrogens with one attached hydrogen (secondary N) is 1. The number of hydrogen-bond donors (Lipinski definition) is 4. The van der Waals surface area contributed by atoms with Gasteiger partial charge in [-0.3, -0.25) is 4.79 Å². The minimum Gasteiger partial charge on any atom is -0.478 e. The Labute approximate surface area is 103 Å². The lowest BCUT2D eigenvalue weighted by molar-refractivity contribution is -0.122. The number of carbonyl (C=O) groups excluding carboxylic acids is 1. The van der Waals surface area contributed by atoms with Crippen LogP contribution in [0.2, 0.25) is 0 Å². The Bertz CT molecular complexity index is 450. The van der Waals surface area contributed by atoms with Crippen LogP contribution in [0.1, 0.15) is 10.4 Å². The Hall–Kier alpha value is -2.35. The summed E-state index contributed by atoms with van der Waals surface area (Å²) in [7, 11) is 0. The zero-order valence-electron chi connectivity index (χ0n) is 9.55. The number of ether oxygens (including phenoxy) is 1. The highest BCUT2D eigenvalue weighted by Crippen LogP contribution is 2.19. The van der Waals surface area contributed by atoms with Crippen molar-refractivity contribution in [3.05, 3.63) is 17.8 Å². The van der Waals surface area contributed by atoms with Crippen LogP contribution in [-0.2, 0) is 9.53 Å². The number of primary amides is 1. The van der Waals surface area contributed by atoms with Crippen molar-refractivity contribution in [1.29, 1.82) is 0 Å². The number of rotatable bonds is 7. The first-order chi connectivity index (χ1) is 8.52. The molecule has 1 heterocycles. The number of nitrogens with two attached hydrogens (primary N) is 2. The molecule has 0 radical (unpaired) electrons. The van der Waals surface area contributed by atoms with Crippen molar-refractivity contribution in [3.8, 4) is 0 Å². The van der Waals surface area contributed by atoms with Gasteiger partial charge in [0.15, 0.2) is 0 Å². The van der Waals surface area contributed by atoms with Gasteiger partial charge in [-0.15, -0.1) is 0 Å². The van der Waals surface area contributed by atoms with Crippen LogP contribution in [0, 0.1) is 0 Å². The number of carboxylic acid groups (broad SMARTS) is 1. The minimum atomic E-state index is -1.12. The molecule has 0 aliphatic carbocycles. The minimum absolute atomic E-state index is 0.0226. The third-order valence-electron chi connectivity index (χ3n) is 2.00. The zero-order chi connectivity index (χ0) is 13.5. The highest BCUT2D eigenvalue weighted by atomic mass is 16.5. The van der Waals surface area contributed by atoms with Crippen LogP contribution in [0.3, 0.4) is 0 Å². The molecule has 6 N–H and O–H groups in total. The fraction of sp³-hybridized carbons (Fsp3) is 0.300. The molecule has 18 heavy (non-hydrogen) atoms. The number of hydrogen-bond acceptors (Lipinski definition) is 6. The van der Waals surface area contributed by atoms with Crippen LogP contribution in [0.15, 0.2) is 12.3 Å². The molecule has 0 bridgehead atoms. The predicted molar refractivity (Wildman–Crippen MR) is 64.1 cm³/mol. The average molecular weight is 254 g/mol. The summed E-state index contributed by atoms with van der Waals surface area (Å²) in [4.78, 5) is 25.1. The summed E-state index contributed by atoms with van der Waals surface area (Å²) in [5.74, 6) is -1.42. The topological polar surface area (TPSA) is 141 Å². The quantitative estimate of drug-likeness (QED) is 0.470. The second kappa shape index (κ2) is 6.40. The summed E-state index contributed by atoms with van der Waals surface area (Å²) < 4.78 is 4.91. The van der Waals surface area contributed by atoms with Crippen LogP contribution < -0.4 is 16.8 Å². The first-order valence-corrected chi connectivity index (χ1v) is 5.10. The van der Waals surface area contributed by atoms with E-state index in [-0.39, 0.29) is 30.3 Å². The number of aromatic carboxylic acids is 1. The number of aromatic nitrogens is 1. The summed E-state index contributed by atoms with van der Waals surface area (Å²) in [6, 6.07) is 1.31. The maximum Gasteiger partial charge on any atom is 0.337 e.